The standard InChI is InChI=1S/C27H40N4O4/c1-22-8-5-6-14-31(22)26(33)21-28-15-17-29(18-16-28)27(34)23-9-7-13-30(20-23)25(32)12-19-35-24-10-3-2-4-11-24/h2-4,10-11,22-23H,5-9,12-21H2,1H3. The van der Waals surface area contributed by atoms with Crippen molar-refractivity contribution in [2.45, 2.75) is 51.5 Å². The number of para-hydroxylation sites is 1. The molecule has 3 aliphatic rings. The molecule has 0 N–H and O–H groups in total. The number of amides is 3. The lowest BCUT2D eigenvalue weighted by Gasteiger charge is -2.40. The summed E-state index contributed by atoms with van der Waals surface area (Å²) >= 11 is 0. The summed E-state index contributed by atoms with van der Waals surface area (Å²) in [5.74, 6) is 1.05. The summed E-state index contributed by atoms with van der Waals surface area (Å²) in [6, 6.07) is 9.84. The van der Waals surface area contributed by atoms with Gasteiger partial charge in [-0.3, -0.25) is 19.3 Å². The second kappa shape index (κ2) is 12.4. The fourth-order valence-electron chi connectivity index (χ4n) is 5.47. The molecular formula is C27H40N4O4. The van der Waals surface area contributed by atoms with Gasteiger partial charge in [0.1, 0.15) is 5.75 Å². The Morgan fingerprint density at radius 2 is 1.63 bits per heavy atom. The second-order valence-corrected chi connectivity index (χ2v) is 10.1. The Hall–Kier alpha value is -2.61. The number of hydrogen-bond acceptors (Lipinski definition) is 5. The smallest absolute Gasteiger partial charge is 0.236 e. The van der Waals surface area contributed by atoms with Gasteiger partial charge in [-0.15, -0.1) is 0 Å². The van der Waals surface area contributed by atoms with Crippen LogP contribution in [-0.2, 0) is 14.4 Å². The summed E-state index contributed by atoms with van der Waals surface area (Å²) in [4.78, 5) is 46.6. The first-order valence-electron chi connectivity index (χ1n) is 13.3. The van der Waals surface area contributed by atoms with Crippen molar-refractivity contribution >= 4 is 17.7 Å². The predicted octanol–water partition coefficient (Wildman–Crippen LogP) is 2.24. The average Bonchev–Trinajstić information content (AvgIpc) is 2.89. The van der Waals surface area contributed by atoms with Crippen molar-refractivity contribution in [3.8, 4) is 5.75 Å². The molecule has 1 aromatic carbocycles. The van der Waals surface area contributed by atoms with E-state index >= 15 is 0 Å². The number of nitrogens with zero attached hydrogens (tertiary/aromatic N) is 4. The third kappa shape index (κ3) is 6.97. The maximum atomic E-state index is 13.2. The van der Waals surface area contributed by atoms with Crippen LogP contribution in [0.25, 0.3) is 0 Å². The third-order valence-electron chi connectivity index (χ3n) is 7.62. The fourth-order valence-corrected chi connectivity index (χ4v) is 5.47. The molecule has 3 fully saturated rings. The summed E-state index contributed by atoms with van der Waals surface area (Å²) < 4.78 is 5.66. The van der Waals surface area contributed by atoms with E-state index in [4.69, 9.17) is 4.74 Å². The van der Waals surface area contributed by atoms with E-state index in [0.29, 0.717) is 51.8 Å². The van der Waals surface area contributed by atoms with E-state index in [0.717, 1.165) is 51.1 Å². The summed E-state index contributed by atoms with van der Waals surface area (Å²) in [5.41, 5.74) is 0. The number of likely N-dealkylation sites (tertiary alicyclic amines) is 2. The van der Waals surface area contributed by atoms with Crippen LogP contribution in [0.5, 0.6) is 5.75 Å². The molecule has 1 aromatic rings. The van der Waals surface area contributed by atoms with E-state index in [2.05, 4.69) is 11.8 Å². The van der Waals surface area contributed by atoms with Crippen LogP contribution in [0.15, 0.2) is 30.3 Å². The van der Waals surface area contributed by atoms with Crippen molar-refractivity contribution in [3.63, 3.8) is 0 Å². The van der Waals surface area contributed by atoms with E-state index in [9.17, 15) is 14.4 Å². The van der Waals surface area contributed by atoms with Crippen molar-refractivity contribution in [1.82, 2.24) is 19.6 Å². The van der Waals surface area contributed by atoms with Crippen molar-refractivity contribution in [1.29, 1.82) is 0 Å². The minimum absolute atomic E-state index is 0.0497. The summed E-state index contributed by atoms with van der Waals surface area (Å²) in [6.07, 6.45) is 5.39. The molecule has 3 aliphatic heterocycles. The molecule has 2 unspecified atom stereocenters. The van der Waals surface area contributed by atoms with Crippen molar-refractivity contribution in [2.75, 3.05) is 59.0 Å². The van der Waals surface area contributed by atoms with Gasteiger partial charge in [0, 0.05) is 51.9 Å². The van der Waals surface area contributed by atoms with E-state index in [1.54, 1.807) is 0 Å². The number of carbonyl (C=O) groups is 3. The lowest BCUT2D eigenvalue weighted by Crippen LogP contribution is -2.55. The van der Waals surface area contributed by atoms with E-state index < -0.39 is 0 Å². The highest BCUT2D eigenvalue weighted by molar-refractivity contribution is 5.82. The zero-order valence-electron chi connectivity index (χ0n) is 21.1. The Morgan fingerprint density at radius 1 is 0.857 bits per heavy atom. The van der Waals surface area contributed by atoms with Crippen LogP contribution in [0, 0.1) is 5.92 Å². The maximum absolute atomic E-state index is 13.2. The third-order valence-corrected chi connectivity index (χ3v) is 7.62. The number of benzene rings is 1. The van der Waals surface area contributed by atoms with Gasteiger partial charge in [0.25, 0.3) is 0 Å². The molecule has 3 heterocycles. The number of hydrogen-bond donors (Lipinski definition) is 0. The molecule has 4 rings (SSSR count). The van der Waals surface area contributed by atoms with E-state index in [-0.39, 0.29) is 23.6 Å². The fraction of sp³-hybridized carbons (Fsp3) is 0.667. The minimum atomic E-state index is -0.134. The van der Waals surface area contributed by atoms with Gasteiger partial charge >= 0.3 is 0 Å². The lowest BCUT2D eigenvalue weighted by atomic mass is 9.96. The molecule has 35 heavy (non-hydrogen) atoms. The second-order valence-electron chi connectivity index (χ2n) is 10.1. The maximum Gasteiger partial charge on any atom is 0.236 e. The van der Waals surface area contributed by atoms with Crippen LogP contribution < -0.4 is 4.74 Å². The molecule has 192 valence electrons. The molecule has 3 saturated heterocycles. The monoisotopic (exact) mass is 484 g/mol. The lowest BCUT2D eigenvalue weighted by molar-refractivity contribution is -0.142. The molecule has 0 radical (unpaired) electrons. The van der Waals surface area contributed by atoms with Crippen LogP contribution >= 0.6 is 0 Å². The first kappa shape index (κ1) is 25.5. The summed E-state index contributed by atoms with van der Waals surface area (Å²) in [6.45, 7) is 7.76. The van der Waals surface area contributed by atoms with Gasteiger partial charge in [0.05, 0.1) is 25.5 Å². The highest BCUT2D eigenvalue weighted by atomic mass is 16.5. The number of piperidine rings is 2. The highest BCUT2D eigenvalue weighted by Gasteiger charge is 2.33. The molecule has 0 spiro atoms. The first-order valence-corrected chi connectivity index (χ1v) is 13.3. The molecule has 0 bridgehead atoms. The molecule has 8 nitrogen and oxygen atoms in total. The number of rotatable bonds is 7. The topological polar surface area (TPSA) is 73.4 Å². The van der Waals surface area contributed by atoms with Crippen LogP contribution in [0.2, 0.25) is 0 Å². The Kier molecular flexibility index (Phi) is 9.01. The van der Waals surface area contributed by atoms with E-state index in [1.165, 1.54) is 6.42 Å². The highest BCUT2D eigenvalue weighted by Crippen LogP contribution is 2.21. The molecule has 2 atom stereocenters. The molecule has 0 aromatic heterocycles. The largest absolute Gasteiger partial charge is 0.493 e. The summed E-state index contributed by atoms with van der Waals surface area (Å²) in [7, 11) is 0. The molecule has 3 amide bonds. The van der Waals surface area contributed by atoms with E-state index in [1.807, 2.05) is 45.0 Å². The zero-order chi connectivity index (χ0) is 24.6. The molecule has 0 aliphatic carbocycles. The van der Waals surface area contributed by atoms with Crippen molar-refractivity contribution in [2.24, 2.45) is 5.92 Å². The van der Waals surface area contributed by atoms with Gasteiger partial charge in [-0.1, -0.05) is 18.2 Å². The Bertz CT molecular complexity index is 856. The van der Waals surface area contributed by atoms with Crippen molar-refractivity contribution in [3.05, 3.63) is 30.3 Å². The van der Waals surface area contributed by atoms with Crippen LogP contribution in [-0.4, -0.2) is 102 Å². The SMILES string of the molecule is CC1CCCCN1C(=O)CN1CCN(C(=O)C2CCCN(C(=O)CCOc3ccccc3)C2)CC1. The van der Waals surface area contributed by atoms with Crippen LogP contribution in [0.4, 0.5) is 0 Å². The molecule has 8 heteroatoms. The summed E-state index contributed by atoms with van der Waals surface area (Å²) in [5, 5.41) is 0. The normalized spacial score (nSPS) is 23.7. The number of ether oxygens (including phenoxy) is 1. The predicted molar refractivity (Wildman–Crippen MR) is 134 cm³/mol. The first-order chi connectivity index (χ1) is 17.0. The zero-order valence-corrected chi connectivity index (χ0v) is 21.1. The number of piperazine rings is 1. The number of carbonyl (C=O) groups excluding carboxylic acids is 3. The van der Waals surface area contributed by atoms with Crippen LogP contribution in [0.3, 0.4) is 0 Å². The van der Waals surface area contributed by atoms with Gasteiger partial charge in [0.2, 0.25) is 17.7 Å². The van der Waals surface area contributed by atoms with Crippen molar-refractivity contribution < 1.29 is 19.1 Å². The van der Waals surface area contributed by atoms with Gasteiger partial charge in [-0.05, 0) is 51.2 Å². The van der Waals surface area contributed by atoms with Gasteiger partial charge in [-0.25, -0.2) is 0 Å². The molecular weight excluding hydrogens is 444 g/mol. The Balaban J connectivity index is 1.18. The van der Waals surface area contributed by atoms with Gasteiger partial charge in [-0.2, -0.15) is 0 Å². The molecule has 0 saturated carbocycles. The Labute approximate surface area is 209 Å². The average molecular weight is 485 g/mol. The van der Waals surface area contributed by atoms with Crippen LogP contribution in [0.1, 0.15) is 45.4 Å². The quantitative estimate of drug-likeness (QED) is 0.594. The van der Waals surface area contributed by atoms with Gasteiger partial charge in [0.15, 0.2) is 0 Å². The minimum Gasteiger partial charge on any atom is -0.493 e. The van der Waals surface area contributed by atoms with Gasteiger partial charge < -0.3 is 19.4 Å². The Morgan fingerprint density at radius 3 is 2.37 bits per heavy atom.